The molecule has 1 rings (SSSR count). The Morgan fingerprint density at radius 3 is 1.61 bits per heavy atom. The quantitative estimate of drug-likeness (QED) is 0.681. The van der Waals surface area contributed by atoms with Crippen LogP contribution < -0.4 is 0 Å². The van der Waals surface area contributed by atoms with Gasteiger partial charge in [-0.05, 0) is 31.2 Å². The normalized spacial score (nSPS) is 9.22. The van der Waals surface area contributed by atoms with Crippen molar-refractivity contribution in [3.8, 4) is 0 Å². The molecule has 0 spiro atoms. The van der Waals surface area contributed by atoms with Gasteiger partial charge < -0.3 is 20.1 Å². The van der Waals surface area contributed by atoms with Crippen molar-refractivity contribution < 1.29 is 29.6 Å². The lowest BCUT2D eigenvalue weighted by atomic mass is 10.1. The summed E-state index contributed by atoms with van der Waals surface area (Å²) in [6.45, 7) is 3.20. The van der Waals surface area contributed by atoms with Crippen LogP contribution in [0.4, 0.5) is 0 Å². The number of rotatable bonds is 5. The molecule has 0 bridgehead atoms. The summed E-state index contributed by atoms with van der Waals surface area (Å²) >= 11 is 0. The second kappa shape index (κ2) is 9.15. The van der Waals surface area contributed by atoms with E-state index in [1.54, 1.807) is 0 Å². The van der Waals surface area contributed by atoms with E-state index in [-0.39, 0.29) is 17.7 Å². The second-order valence-electron chi connectivity index (χ2n) is 3.11. The van der Waals surface area contributed by atoms with Gasteiger partial charge in [0.25, 0.3) is 0 Å². The Bertz CT molecular complexity index is 334. The van der Waals surface area contributed by atoms with Crippen molar-refractivity contribution in [3.05, 3.63) is 35.4 Å². The minimum absolute atomic E-state index is 0.0833. The maximum absolute atomic E-state index is 10.3. The molecule has 0 atom stereocenters. The first kappa shape index (κ1) is 16.1. The molecule has 0 amide bonds. The van der Waals surface area contributed by atoms with Gasteiger partial charge in [-0.25, -0.2) is 9.59 Å². The number of benzene rings is 1. The zero-order valence-corrected chi connectivity index (χ0v) is 10.00. The molecule has 6 heteroatoms. The van der Waals surface area contributed by atoms with E-state index in [1.807, 2.05) is 6.92 Å². The molecule has 3 N–H and O–H groups in total. The second-order valence-corrected chi connectivity index (χ2v) is 3.11. The molecule has 0 aliphatic rings. The molecule has 0 aromatic heterocycles. The molecule has 1 aromatic rings. The lowest BCUT2D eigenvalue weighted by molar-refractivity contribution is 0.0681. The van der Waals surface area contributed by atoms with Crippen molar-refractivity contribution in [1.82, 2.24) is 0 Å². The summed E-state index contributed by atoms with van der Waals surface area (Å²) in [6, 6.07) is 5.02. The highest BCUT2D eigenvalue weighted by Crippen LogP contribution is 2.03. The minimum Gasteiger partial charge on any atom is -0.478 e. The summed E-state index contributed by atoms with van der Waals surface area (Å²) in [7, 11) is 0. The van der Waals surface area contributed by atoms with Crippen LogP contribution in [-0.2, 0) is 4.74 Å². The molecule has 6 nitrogen and oxygen atoms in total. The molecule has 0 heterocycles. The van der Waals surface area contributed by atoms with Gasteiger partial charge in [-0.3, -0.25) is 0 Å². The number of carboxylic acid groups (broad SMARTS) is 2. The number of hydrogen-bond acceptors (Lipinski definition) is 4. The first-order valence-electron chi connectivity index (χ1n) is 5.28. The SMILES string of the molecule is CCOCCO.O=C(O)c1ccc(C(=O)O)cc1. The van der Waals surface area contributed by atoms with Crippen molar-refractivity contribution in [1.29, 1.82) is 0 Å². The maximum atomic E-state index is 10.3. The van der Waals surface area contributed by atoms with E-state index in [0.717, 1.165) is 0 Å². The Morgan fingerprint density at radius 1 is 1.06 bits per heavy atom. The van der Waals surface area contributed by atoms with Crippen molar-refractivity contribution in [2.24, 2.45) is 0 Å². The lowest BCUT2D eigenvalue weighted by Gasteiger charge is -1.94. The van der Waals surface area contributed by atoms with E-state index in [0.29, 0.717) is 13.2 Å². The third-order valence-electron chi connectivity index (χ3n) is 1.82. The Balaban J connectivity index is 0.000000411. The lowest BCUT2D eigenvalue weighted by Crippen LogP contribution is -1.99. The van der Waals surface area contributed by atoms with E-state index in [4.69, 9.17) is 20.1 Å². The number of carbonyl (C=O) groups is 2. The highest BCUT2D eigenvalue weighted by atomic mass is 16.5. The predicted octanol–water partition coefficient (Wildman–Crippen LogP) is 1.10. The third-order valence-corrected chi connectivity index (χ3v) is 1.82. The van der Waals surface area contributed by atoms with Crippen LogP contribution in [-0.4, -0.2) is 47.1 Å². The van der Waals surface area contributed by atoms with Gasteiger partial charge in [-0.1, -0.05) is 0 Å². The van der Waals surface area contributed by atoms with Crippen LogP contribution in [0.1, 0.15) is 27.6 Å². The summed E-state index contributed by atoms with van der Waals surface area (Å²) in [6.07, 6.45) is 0. The standard InChI is InChI=1S/C8H6O4.C4H10O2/c9-7(10)5-1-2-6(4-3-5)8(11)12;1-2-6-4-3-5/h1-4H,(H,9,10)(H,11,12);5H,2-4H2,1H3. The van der Waals surface area contributed by atoms with Crippen LogP contribution in [0.5, 0.6) is 0 Å². The third kappa shape index (κ3) is 6.62. The summed E-state index contributed by atoms with van der Waals surface area (Å²) in [5.41, 5.74) is 0.167. The Hall–Kier alpha value is -1.92. The van der Waals surface area contributed by atoms with Crippen LogP contribution in [0, 0.1) is 0 Å². The minimum atomic E-state index is -1.06. The first-order valence-corrected chi connectivity index (χ1v) is 5.28. The zero-order chi connectivity index (χ0) is 14.0. The van der Waals surface area contributed by atoms with Gasteiger partial charge in [-0.2, -0.15) is 0 Å². The molecule has 100 valence electrons. The highest BCUT2D eigenvalue weighted by Gasteiger charge is 2.04. The van der Waals surface area contributed by atoms with Gasteiger partial charge >= 0.3 is 11.9 Å². The summed E-state index contributed by atoms with van der Waals surface area (Å²) < 4.78 is 4.73. The van der Waals surface area contributed by atoms with E-state index < -0.39 is 11.9 Å². The Labute approximate surface area is 104 Å². The van der Waals surface area contributed by atoms with E-state index in [9.17, 15) is 9.59 Å². The van der Waals surface area contributed by atoms with Gasteiger partial charge in [0.2, 0.25) is 0 Å². The van der Waals surface area contributed by atoms with Crippen LogP contribution in [0.2, 0.25) is 0 Å². The maximum Gasteiger partial charge on any atom is 0.335 e. The molecule has 0 radical (unpaired) electrons. The van der Waals surface area contributed by atoms with E-state index in [1.165, 1.54) is 24.3 Å². The molecule has 0 saturated heterocycles. The van der Waals surface area contributed by atoms with Crippen molar-refractivity contribution in [2.45, 2.75) is 6.92 Å². The predicted molar refractivity (Wildman–Crippen MR) is 63.9 cm³/mol. The summed E-state index contributed by atoms with van der Waals surface area (Å²) in [4.78, 5) is 20.7. The first-order chi connectivity index (χ1) is 8.52. The van der Waals surface area contributed by atoms with Crippen LogP contribution in [0.3, 0.4) is 0 Å². The molecule has 0 aliphatic carbocycles. The van der Waals surface area contributed by atoms with Crippen molar-refractivity contribution in [3.63, 3.8) is 0 Å². The molecule has 0 saturated carbocycles. The molecular formula is C12H16O6. The number of aliphatic hydroxyl groups is 1. The Morgan fingerprint density at radius 2 is 1.44 bits per heavy atom. The van der Waals surface area contributed by atoms with Gasteiger partial charge in [0.15, 0.2) is 0 Å². The average Bonchev–Trinajstić information content (AvgIpc) is 2.37. The molecular weight excluding hydrogens is 240 g/mol. The van der Waals surface area contributed by atoms with Gasteiger partial charge in [-0.15, -0.1) is 0 Å². The van der Waals surface area contributed by atoms with Gasteiger partial charge in [0, 0.05) is 6.61 Å². The smallest absolute Gasteiger partial charge is 0.335 e. The monoisotopic (exact) mass is 256 g/mol. The average molecular weight is 256 g/mol. The largest absolute Gasteiger partial charge is 0.478 e. The summed E-state index contributed by atoms with van der Waals surface area (Å²) in [5, 5.41) is 25.0. The van der Waals surface area contributed by atoms with E-state index >= 15 is 0 Å². The molecule has 0 unspecified atom stereocenters. The number of aliphatic hydroxyl groups excluding tert-OH is 1. The van der Waals surface area contributed by atoms with Crippen LogP contribution >= 0.6 is 0 Å². The fourth-order valence-electron chi connectivity index (χ4n) is 0.964. The highest BCUT2D eigenvalue weighted by molar-refractivity contribution is 5.91. The van der Waals surface area contributed by atoms with Crippen molar-refractivity contribution in [2.75, 3.05) is 19.8 Å². The topological polar surface area (TPSA) is 104 Å². The fraction of sp³-hybridized carbons (Fsp3) is 0.333. The molecule has 0 aliphatic heterocycles. The van der Waals surface area contributed by atoms with Gasteiger partial charge in [0.1, 0.15) is 0 Å². The van der Waals surface area contributed by atoms with Crippen molar-refractivity contribution >= 4 is 11.9 Å². The number of hydrogen-bond donors (Lipinski definition) is 3. The zero-order valence-electron chi connectivity index (χ0n) is 10.00. The number of carboxylic acids is 2. The summed E-state index contributed by atoms with van der Waals surface area (Å²) in [5.74, 6) is -2.13. The number of aromatic carboxylic acids is 2. The molecule has 18 heavy (non-hydrogen) atoms. The Kier molecular flexibility index (Phi) is 8.17. The number of ether oxygens (including phenoxy) is 1. The van der Waals surface area contributed by atoms with Gasteiger partial charge in [0.05, 0.1) is 24.3 Å². The molecule has 1 aromatic carbocycles. The van der Waals surface area contributed by atoms with E-state index in [2.05, 4.69) is 0 Å². The fourth-order valence-corrected chi connectivity index (χ4v) is 0.964. The molecule has 0 fully saturated rings. The van der Waals surface area contributed by atoms with Crippen LogP contribution in [0.15, 0.2) is 24.3 Å². The van der Waals surface area contributed by atoms with Crippen LogP contribution in [0.25, 0.3) is 0 Å².